The van der Waals surface area contributed by atoms with Gasteiger partial charge in [-0.05, 0) is 53.0 Å². The van der Waals surface area contributed by atoms with E-state index in [0.717, 1.165) is 11.1 Å². The number of aromatic amines is 1. The molecule has 4 aromatic rings. The number of benzene rings is 2. The number of para-hydroxylation sites is 1. The topological polar surface area (TPSA) is 39.8 Å². The number of nitrogens with one attached hydrogen (secondary N) is 3. The number of H-pyrrole nitrogens is 1. The molecule has 0 aliphatic heterocycles. The Labute approximate surface area is 172 Å². The Morgan fingerprint density at radius 2 is 1.86 bits per heavy atom. The summed E-state index contributed by atoms with van der Waals surface area (Å²) in [6.45, 7) is 1.25. The van der Waals surface area contributed by atoms with E-state index in [1.807, 2.05) is 6.07 Å². The van der Waals surface area contributed by atoms with Crippen LogP contribution in [-0.2, 0) is 6.54 Å². The quantitative estimate of drug-likeness (QED) is 0.385. The first-order valence-corrected chi connectivity index (χ1v) is 10.3. The van der Waals surface area contributed by atoms with Gasteiger partial charge in [0.2, 0.25) is 0 Å². The molecule has 0 aliphatic carbocycles. The van der Waals surface area contributed by atoms with Gasteiger partial charge in [0.05, 0.1) is 0 Å². The Balaban J connectivity index is 1.45. The van der Waals surface area contributed by atoms with Gasteiger partial charge >= 0.3 is 0 Å². The molecular weight excluding hydrogens is 389 g/mol. The largest absolute Gasteiger partial charge is 0.362 e. The number of thiophene rings is 1. The summed E-state index contributed by atoms with van der Waals surface area (Å²) in [5, 5.41) is 10.5. The molecule has 0 saturated carbocycles. The fraction of sp³-hybridized carbons (Fsp3) is 0.136. The first-order valence-electron chi connectivity index (χ1n) is 9.06. The molecule has 0 bridgehead atoms. The Morgan fingerprint density at radius 3 is 2.64 bits per heavy atom. The molecule has 0 radical (unpaired) electrons. The Morgan fingerprint density at radius 1 is 1.04 bits per heavy atom. The van der Waals surface area contributed by atoms with Gasteiger partial charge in [0.1, 0.15) is 5.82 Å². The van der Waals surface area contributed by atoms with E-state index in [0.29, 0.717) is 18.2 Å². The van der Waals surface area contributed by atoms with E-state index in [1.54, 1.807) is 23.5 Å². The highest BCUT2D eigenvalue weighted by molar-refractivity contribution is 7.80. The van der Waals surface area contributed by atoms with Crippen molar-refractivity contribution < 1.29 is 4.39 Å². The van der Waals surface area contributed by atoms with Crippen LogP contribution >= 0.6 is 23.6 Å². The lowest BCUT2D eigenvalue weighted by Crippen LogP contribution is -2.37. The average Bonchev–Trinajstić information content (AvgIpc) is 3.39. The summed E-state index contributed by atoms with van der Waals surface area (Å²) in [7, 11) is 0. The number of fused-ring (bicyclic) bond motifs is 1. The van der Waals surface area contributed by atoms with Crippen LogP contribution in [0.1, 0.15) is 21.9 Å². The fourth-order valence-electron chi connectivity index (χ4n) is 3.28. The second kappa shape index (κ2) is 8.54. The normalized spacial score (nSPS) is 12.0. The molecule has 2 heterocycles. The second-order valence-electron chi connectivity index (χ2n) is 6.55. The smallest absolute Gasteiger partial charge is 0.166 e. The summed E-state index contributed by atoms with van der Waals surface area (Å²) in [6.07, 6.45) is 2.09. The van der Waals surface area contributed by atoms with Crippen LogP contribution in [0.15, 0.2) is 72.2 Å². The molecule has 3 N–H and O–H groups in total. The van der Waals surface area contributed by atoms with E-state index in [-0.39, 0.29) is 11.7 Å². The molecule has 2 aromatic carbocycles. The third-order valence-electron chi connectivity index (χ3n) is 4.72. The van der Waals surface area contributed by atoms with Crippen molar-refractivity contribution in [3.8, 4) is 0 Å². The van der Waals surface area contributed by atoms with E-state index >= 15 is 0 Å². The van der Waals surface area contributed by atoms with Crippen molar-refractivity contribution in [2.24, 2.45) is 0 Å². The molecule has 4 rings (SSSR count). The maximum Gasteiger partial charge on any atom is 0.166 e. The Hall–Kier alpha value is -2.70. The lowest BCUT2D eigenvalue weighted by Gasteiger charge is -2.18. The van der Waals surface area contributed by atoms with Crippen LogP contribution in [0, 0.1) is 5.82 Å². The molecular formula is C22H20FN3S2. The maximum atomic E-state index is 13.0. The lowest BCUT2D eigenvalue weighted by molar-refractivity contribution is 0.626. The number of hydrogen-bond donors (Lipinski definition) is 3. The molecule has 0 unspecified atom stereocenters. The van der Waals surface area contributed by atoms with Gasteiger partial charge in [0.25, 0.3) is 0 Å². The van der Waals surface area contributed by atoms with E-state index in [9.17, 15) is 4.39 Å². The minimum Gasteiger partial charge on any atom is -0.362 e. The lowest BCUT2D eigenvalue weighted by atomic mass is 9.97. The minimum atomic E-state index is -0.234. The molecule has 0 aliphatic rings. The predicted molar refractivity (Wildman–Crippen MR) is 118 cm³/mol. The highest BCUT2D eigenvalue weighted by Gasteiger charge is 2.19. The predicted octanol–water partition coefficient (Wildman–Crippen LogP) is 5.16. The molecule has 0 saturated heterocycles. The molecule has 142 valence electrons. The van der Waals surface area contributed by atoms with E-state index in [2.05, 4.69) is 57.5 Å². The summed E-state index contributed by atoms with van der Waals surface area (Å²) >= 11 is 7.20. The Kier molecular flexibility index (Phi) is 5.69. The van der Waals surface area contributed by atoms with Gasteiger partial charge in [-0.2, -0.15) is 0 Å². The molecule has 28 heavy (non-hydrogen) atoms. The van der Waals surface area contributed by atoms with Crippen LogP contribution < -0.4 is 10.6 Å². The van der Waals surface area contributed by atoms with Gasteiger partial charge in [-0.3, -0.25) is 0 Å². The Bertz CT molecular complexity index is 1060. The van der Waals surface area contributed by atoms with Gasteiger partial charge in [-0.15, -0.1) is 11.3 Å². The minimum absolute atomic E-state index is 0.196. The maximum absolute atomic E-state index is 13.0. The van der Waals surface area contributed by atoms with Crippen molar-refractivity contribution in [2.75, 3.05) is 6.54 Å². The van der Waals surface area contributed by atoms with E-state index in [4.69, 9.17) is 12.2 Å². The number of aromatic nitrogens is 1. The van der Waals surface area contributed by atoms with Crippen LogP contribution in [0.2, 0.25) is 0 Å². The van der Waals surface area contributed by atoms with Crippen LogP contribution in [0.3, 0.4) is 0 Å². The zero-order valence-electron chi connectivity index (χ0n) is 15.1. The number of hydrogen-bond acceptors (Lipinski definition) is 2. The first-order chi connectivity index (χ1) is 13.7. The van der Waals surface area contributed by atoms with Crippen LogP contribution in [0.25, 0.3) is 10.9 Å². The summed E-state index contributed by atoms with van der Waals surface area (Å²) < 4.78 is 13.0. The van der Waals surface area contributed by atoms with E-state index in [1.165, 1.54) is 28.0 Å². The molecule has 3 nitrogen and oxygen atoms in total. The number of thiocarbonyl (C=S) groups is 1. The van der Waals surface area contributed by atoms with Gasteiger partial charge < -0.3 is 15.6 Å². The van der Waals surface area contributed by atoms with Crippen molar-refractivity contribution in [2.45, 2.75) is 12.5 Å². The zero-order valence-corrected chi connectivity index (χ0v) is 16.7. The summed E-state index contributed by atoms with van der Waals surface area (Å²) in [6, 6.07) is 19.0. The first kappa shape index (κ1) is 18.7. The highest BCUT2D eigenvalue weighted by Crippen LogP contribution is 2.32. The highest BCUT2D eigenvalue weighted by atomic mass is 32.1. The molecule has 0 amide bonds. The summed E-state index contributed by atoms with van der Waals surface area (Å²) in [5.74, 6) is -0.0382. The van der Waals surface area contributed by atoms with Gasteiger partial charge in [-0.1, -0.05) is 36.4 Å². The van der Waals surface area contributed by atoms with Crippen LogP contribution in [-0.4, -0.2) is 16.6 Å². The van der Waals surface area contributed by atoms with Crippen molar-refractivity contribution in [1.82, 2.24) is 15.6 Å². The van der Waals surface area contributed by atoms with Crippen molar-refractivity contribution in [1.29, 1.82) is 0 Å². The molecule has 2 aromatic heterocycles. The number of halogens is 1. The summed E-state index contributed by atoms with van der Waals surface area (Å²) in [4.78, 5) is 4.66. The third kappa shape index (κ3) is 4.24. The van der Waals surface area contributed by atoms with Crippen molar-refractivity contribution >= 4 is 39.6 Å². The fourth-order valence-corrected chi connectivity index (χ4v) is 4.28. The van der Waals surface area contributed by atoms with Crippen LogP contribution in [0.4, 0.5) is 4.39 Å². The standard InChI is InChI=1S/C22H20FN3S2/c23-16-9-7-15(8-10-16)12-25-22(27)26-14-19(21-6-3-11-28-21)18-13-24-20-5-2-1-4-17(18)20/h1-11,13,19,24H,12,14H2,(H2,25,26,27)/t19-/m1/s1. The third-order valence-corrected chi connectivity index (χ3v) is 5.99. The second-order valence-corrected chi connectivity index (χ2v) is 7.94. The summed E-state index contributed by atoms with van der Waals surface area (Å²) in [5.41, 5.74) is 3.37. The average molecular weight is 410 g/mol. The molecule has 6 heteroatoms. The SMILES string of the molecule is Fc1ccc(CNC(=S)NC[C@@H](c2cccs2)c2c[nH]c3ccccc23)cc1. The van der Waals surface area contributed by atoms with Gasteiger partial charge in [0.15, 0.2) is 5.11 Å². The van der Waals surface area contributed by atoms with Gasteiger partial charge in [0, 0.05) is 41.0 Å². The van der Waals surface area contributed by atoms with Crippen LogP contribution in [0.5, 0.6) is 0 Å². The van der Waals surface area contributed by atoms with Crippen molar-refractivity contribution in [3.05, 3.63) is 94.1 Å². The van der Waals surface area contributed by atoms with Crippen molar-refractivity contribution in [3.63, 3.8) is 0 Å². The molecule has 0 fully saturated rings. The monoisotopic (exact) mass is 409 g/mol. The number of rotatable bonds is 6. The van der Waals surface area contributed by atoms with Gasteiger partial charge in [-0.25, -0.2) is 4.39 Å². The van der Waals surface area contributed by atoms with E-state index < -0.39 is 0 Å². The molecule has 0 spiro atoms. The molecule has 1 atom stereocenters. The zero-order chi connectivity index (χ0) is 19.3.